The lowest BCUT2D eigenvalue weighted by molar-refractivity contribution is -0.206. The van der Waals surface area contributed by atoms with E-state index < -0.39 is 17.9 Å². The maximum Gasteiger partial charge on any atom is 0.414 e. The lowest BCUT2D eigenvalue weighted by atomic mass is 9.43. The number of aliphatic hydroxyl groups excluding tert-OH is 1. The molecular weight excluding hydrogens is 413 g/mol. The Morgan fingerprint density at radius 2 is 1.59 bits per heavy atom. The van der Waals surface area contributed by atoms with Crippen molar-refractivity contribution in [2.45, 2.75) is 123 Å². The molecule has 0 aromatic rings. The Morgan fingerprint density at radius 3 is 2.25 bits per heavy atom. The largest absolute Gasteiger partial charge is 0.414 e. The molecule has 4 saturated carbocycles. The first-order valence-electron chi connectivity index (χ1n) is 13.3. The molecule has 0 radical (unpaired) electrons. The number of halogens is 3. The van der Waals surface area contributed by atoms with Crippen molar-refractivity contribution in [3.05, 3.63) is 0 Å². The summed E-state index contributed by atoms with van der Waals surface area (Å²) in [6, 6.07) is 0. The average Bonchev–Trinajstić information content (AvgIpc) is 3.09. The Bertz CT molecular complexity index is 680. The van der Waals surface area contributed by atoms with Crippen molar-refractivity contribution in [3.63, 3.8) is 0 Å². The van der Waals surface area contributed by atoms with Crippen LogP contribution in [0.2, 0.25) is 0 Å². The molecule has 0 heterocycles. The number of aliphatic hydroxyl groups is 2. The zero-order chi connectivity index (χ0) is 23.5. The standard InChI is InChI=1S/C27H45F3O2/c1-5-26(32)15-14-24(3)18(16-26)7-8-19-21-10-9-20(25(21,4)13-12-22(19)24)17(2)6-11-23(31)27(28,29)30/h17-23,31-32H,5-16H2,1-4H3/t17-,18+,19+,20-,21+,22+,23?,24+,25-,26+/m1/s1. The van der Waals surface area contributed by atoms with Crippen molar-refractivity contribution >= 4 is 0 Å². The topological polar surface area (TPSA) is 40.5 Å². The molecule has 186 valence electrons. The summed E-state index contributed by atoms with van der Waals surface area (Å²) in [6.07, 6.45) is 4.76. The minimum Gasteiger partial charge on any atom is -0.390 e. The van der Waals surface area contributed by atoms with Crippen LogP contribution in [0.15, 0.2) is 0 Å². The predicted molar refractivity (Wildman–Crippen MR) is 121 cm³/mol. The van der Waals surface area contributed by atoms with E-state index in [0.29, 0.717) is 29.6 Å². The highest BCUT2D eigenvalue weighted by Gasteiger charge is 2.61. The van der Waals surface area contributed by atoms with Crippen LogP contribution in [-0.2, 0) is 0 Å². The third-order valence-corrected chi connectivity index (χ3v) is 11.5. The Balaban J connectivity index is 1.45. The summed E-state index contributed by atoms with van der Waals surface area (Å²) < 4.78 is 38.3. The normalized spacial score (nSPS) is 48.5. The van der Waals surface area contributed by atoms with Crippen molar-refractivity contribution in [3.8, 4) is 0 Å². The number of hydrogen-bond donors (Lipinski definition) is 2. The third-order valence-electron chi connectivity index (χ3n) is 11.5. The number of hydrogen-bond acceptors (Lipinski definition) is 2. The van der Waals surface area contributed by atoms with Crippen molar-refractivity contribution in [2.24, 2.45) is 46.3 Å². The minimum absolute atomic E-state index is 0.173. The van der Waals surface area contributed by atoms with Crippen LogP contribution >= 0.6 is 0 Å². The van der Waals surface area contributed by atoms with Gasteiger partial charge in [0.1, 0.15) is 6.10 Å². The molecule has 0 aromatic carbocycles. The van der Waals surface area contributed by atoms with E-state index in [2.05, 4.69) is 27.7 Å². The molecule has 0 saturated heterocycles. The van der Waals surface area contributed by atoms with E-state index in [0.717, 1.165) is 43.9 Å². The van der Waals surface area contributed by atoms with Gasteiger partial charge in [-0.1, -0.05) is 27.7 Å². The highest BCUT2D eigenvalue weighted by atomic mass is 19.4. The first-order chi connectivity index (χ1) is 14.8. The maximum atomic E-state index is 12.8. The van der Waals surface area contributed by atoms with E-state index in [4.69, 9.17) is 0 Å². The van der Waals surface area contributed by atoms with Crippen LogP contribution in [0.4, 0.5) is 13.2 Å². The van der Waals surface area contributed by atoms with E-state index in [1.807, 2.05) is 0 Å². The third kappa shape index (κ3) is 4.06. The summed E-state index contributed by atoms with van der Waals surface area (Å²) in [6.45, 7) is 9.19. The quantitative estimate of drug-likeness (QED) is 0.460. The molecule has 32 heavy (non-hydrogen) atoms. The highest BCUT2D eigenvalue weighted by Crippen LogP contribution is 2.69. The molecular formula is C27H45F3O2. The molecule has 2 N–H and O–H groups in total. The molecule has 4 rings (SSSR count). The lowest BCUT2D eigenvalue weighted by Gasteiger charge is -2.62. The summed E-state index contributed by atoms with van der Waals surface area (Å²) in [5.74, 6) is 3.48. The second kappa shape index (κ2) is 8.43. The Morgan fingerprint density at radius 1 is 0.906 bits per heavy atom. The molecule has 0 spiro atoms. The van der Waals surface area contributed by atoms with Crippen LogP contribution in [-0.4, -0.2) is 28.1 Å². The highest BCUT2D eigenvalue weighted by molar-refractivity contribution is 5.10. The van der Waals surface area contributed by atoms with Gasteiger partial charge in [0.2, 0.25) is 0 Å². The second-order valence-electron chi connectivity index (χ2n) is 12.8. The van der Waals surface area contributed by atoms with Gasteiger partial charge in [-0.25, -0.2) is 0 Å². The van der Waals surface area contributed by atoms with E-state index in [1.54, 1.807) is 0 Å². The number of alkyl halides is 3. The van der Waals surface area contributed by atoms with Gasteiger partial charge in [0.05, 0.1) is 5.60 Å². The molecule has 2 nitrogen and oxygen atoms in total. The molecule has 0 amide bonds. The van der Waals surface area contributed by atoms with E-state index in [1.165, 1.54) is 32.1 Å². The Hall–Kier alpha value is -0.290. The Labute approximate surface area is 192 Å². The molecule has 0 aliphatic heterocycles. The molecule has 0 aromatic heterocycles. The first-order valence-corrected chi connectivity index (χ1v) is 13.3. The molecule has 10 atom stereocenters. The summed E-state index contributed by atoms with van der Waals surface area (Å²) in [4.78, 5) is 0. The zero-order valence-corrected chi connectivity index (χ0v) is 20.6. The molecule has 5 heteroatoms. The molecule has 4 aliphatic rings. The first kappa shape index (κ1) is 24.8. The van der Waals surface area contributed by atoms with Crippen molar-refractivity contribution in [1.29, 1.82) is 0 Å². The smallest absolute Gasteiger partial charge is 0.390 e. The number of fused-ring (bicyclic) bond motifs is 5. The summed E-state index contributed by atoms with van der Waals surface area (Å²) in [5, 5.41) is 20.4. The predicted octanol–water partition coefficient (Wildman–Crippen LogP) is 7.13. The van der Waals surface area contributed by atoms with Crippen molar-refractivity contribution < 1.29 is 23.4 Å². The van der Waals surface area contributed by atoms with E-state index >= 15 is 0 Å². The fraction of sp³-hybridized carbons (Fsp3) is 1.00. The van der Waals surface area contributed by atoms with Crippen LogP contribution < -0.4 is 0 Å². The van der Waals surface area contributed by atoms with Crippen LogP contribution in [0.1, 0.15) is 105 Å². The van der Waals surface area contributed by atoms with E-state index in [-0.39, 0.29) is 17.8 Å². The van der Waals surface area contributed by atoms with Gasteiger partial charge in [-0.05, 0) is 123 Å². The molecule has 4 fully saturated rings. The van der Waals surface area contributed by atoms with Gasteiger partial charge in [-0.3, -0.25) is 0 Å². The van der Waals surface area contributed by atoms with Gasteiger partial charge >= 0.3 is 6.18 Å². The summed E-state index contributed by atoms with van der Waals surface area (Å²) in [7, 11) is 0. The summed E-state index contributed by atoms with van der Waals surface area (Å²) >= 11 is 0. The van der Waals surface area contributed by atoms with Crippen LogP contribution in [0.5, 0.6) is 0 Å². The Kier molecular flexibility index (Phi) is 6.54. The molecule has 1 unspecified atom stereocenters. The van der Waals surface area contributed by atoms with E-state index in [9.17, 15) is 23.4 Å². The van der Waals surface area contributed by atoms with Gasteiger partial charge in [0, 0.05) is 0 Å². The zero-order valence-electron chi connectivity index (χ0n) is 20.6. The average molecular weight is 459 g/mol. The van der Waals surface area contributed by atoms with Crippen LogP contribution in [0.25, 0.3) is 0 Å². The lowest BCUT2D eigenvalue weighted by Crippen LogP contribution is -2.56. The monoisotopic (exact) mass is 458 g/mol. The van der Waals surface area contributed by atoms with Gasteiger partial charge in [0.25, 0.3) is 0 Å². The van der Waals surface area contributed by atoms with Crippen LogP contribution in [0.3, 0.4) is 0 Å². The van der Waals surface area contributed by atoms with Gasteiger partial charge in [-0.2, -0.15) is 13.2 Å². The van der Waals surface area contributed by atoms with Crippen molar-refractivity contribution in [1.82, 2.24) is 0 Å². The second-order valence-corrected chi connectivity index (χ2v) is 12.8. The van der Waals surface area contributed by atoms with Gasteiger partial charge < -0.3 is 10.2 Å². The van der Waals surface area contributed by atoms with Crippen LogP contribution in [0, 0.1) is 46.3 Å². The molecule has 4 aliphatic carbocycles. The van der Waals surface area contributed by atoms with Gasteiger partial charge in [0.15, 0.2) is 0 Å². The fourth-order valence-corrected chi connectivity index (χ4v) is 9.40. The minimum atomic E-state index is -4.50. The summed E-state index contributed by atoms with van der Waals surface area (Å²) in [5.41, 5.74) is 0.104. The number of rotatable bonds is 5. The molecule has 0 bridgehead atoms. The van der Waals surface area contributed by atoms with Gasteiger partial charge in [-0.15, -0.1) is 0 Å². The van der Waals surface area contributed by atoms with Crippen molar-refractivity contribution in [2.75, 3.05) is 0 Å². The SMILES string of the molecule is CC[C@]1(O)CC[C@@]2(C)[C@@H](CC[C@@H]3[C@@H]2CC[C@]2(C)[C@@H]([C@H](C)CCC(O)C(F)(F)F)CC[C@@H]32)C1. The maximum absolute atomic E-state index is 12.8. The fourth-order valence-electron chi connectivity index (χ4n) is 9.40.